The molecule has 22 heavy (non-hydrogen) atoms. The highest BCUT2D eigenvalue weighted by Crippen LogP contribution is 2.32. The fourth-order valence-corrected chi connectivity index (χ4v) is 2.76. The number of ether oxygens (including phenoxy) is 1. The first-order chi connectivity index (χ1) is 10.7. The minimum atomic E-state index is 0.268. The predicted octanol–water partition coefficient (Wildman–Crippen LogP) is 1.43. The number of nitrogens with one attached hydrogen (secondary N) is 1. The number of anilines is 1. The van der Waals surface area contributed by atoms with Crippen LogP contribution in [-0.4, -0.2) is 43.0 Å². The van der Waals surface area contributed by atoms with E-state index in [-0.39, 0.29) is 11.8 Å². The number of methoxy groups -OCH3 is 1. The van der Waals surface area contributed by atoms with Crippen LogP contribution in [0.1, 0.15) is 19.3 Å². The molecule has 118 valence electrons. The molecule has 1 heterocycles. The third kappa shape index (κ3) is 3.50. The van der Waals surface area contributed by atoms with Gasteiger partial charge in [0.2, 0.25) is 5.91 Å². The van der Waals surface area contributed by atoms with E-state index in [9.17, 15) is 4.79 Å². The van der Waals surface area contributed by atoms with Crippen LogP contribution < -0.4 is 15.8 Å². The van der Waals surface area contributed by atoms with Gasteiger partial charge in [0.15, 0.2) is 5.96 Å². The van der Waals surface area contributed by atoms with Crippen LogP contribution in [0, 0.1) is 5.92 Å². The number of carbonyl (C=O) groups excluding carboxylic acids is 1. The van der Waals surface area contributed by atoms with Crippen molar-refractivity contribution in [3.8, 4) is 5.75 Å². The van der Waals surface area contributed by atoms with Crippen LogP contribution in [0.5, 0.6) is 5.75 Å². The number of aliphatic imine (C=N–C) groups is 1. The summed E-state index contributed by atoms with van der Waals surface area (Å²) < 4.78 is 5.11. The molecule has 1 aliphatic heterocycles. The Kier molecular flexibility index (Phi) is 4.18. The predicted molar refractivity (Wildman–Crippen MR) is 85.9 cm³/mol. The lowest BCUT2D eigenvalue weighted by atomic mass is 10.1. The standard InChI is InChI=1S/C16H22N4O2/c1-22-14-6-2-12(3-7-14)19-16(17)18-9-11-8-15(21)20(10-11)13-4-5-13/h2-3,6-7,11,13H,4-5,8-10H2,1H3,(H3,17,18,19). The summed E-state index contributed by atoms with van der Waals surface area (Å²) in [5.74, 6) is 1.72. The van der Waals surface area contributed by atoms with Gasteiger partial charge < -0.3 is 20.7 Å². The number of guanidine groups is 1. The molecule has 3 rings (SSSR count). The number of amides is 1. The molecule has 6 nitrogen and oxygen atoms in total. The second kappa shape index (κ2) is 6.25. The molecule has 6 heteroatoms. The molecule has 3 N–H and O–H groups in total. The Bertz CT molecular complexity index is 566. The van der Waals surface area contributed by atoms with Crippen molar-refractivity contribution in [2.75, 3.05) is 25.5 Å². The van der Waals surface area contributed by atoms with Crippen molar-refractivity contribution in [3.05, 3.63) is 24.3 Å². The van der Waals surface area contributed by atoms with E-state index in [2.05, 4.69) is 10.3 Å². The number of nitrogens with zero attached hydrogens (tertiary/aromatic N) is 2. The van der Waals surface area contributed by atoms with Gasteiger partial charge in [-0.2, -0.15) is 0 Å². The highest BCUT2D eigenvalue weighted by molar-refractivity contribution is 5.92. The SMILES string of the molecule is COc1ccc(NC(N)=NCC2CC(=O)N(C3CC3)C2)cc1. The normalized spacial score (nSPS) is 22.0. The van der Waals surface area contributed by atoms with Crippen LogP contribution in [-0.2, 0) is 4.79 Å². The average molecular weight is 302 g/mol. The number of hydrogen-bond donors (Lipinski definition) is 2. The highest BCUT2D eigenvalue weighted by Gasteiger charge is 2.38. The van der Waals surface area contributed by atoms with E-state index in [1.807, 2.05) is 29.2 Å². The van der Waals surface area contributed by atoms with E-state index in [1.54, 1.807) is 7.11 Å². The second-order valence-electron chi connectivity index (χ2n) is 5.93. The van der Waals surface area contributed by atoms with Gasteiger partial charge in [-0.25, -0.2) is 0 Å². The lowest BCUT2D eigenvalue weighted by Crippen LogP contribution is -2.28. The maximum atomic E-state index is 11.9. The number of hydrogen-bond acceptors (Lipinski definition) is 3. The monoisotopic (exact) mass is 302 g/mol. The molecular formula is C16H22N4O2. The molecule has 1 amide bonds. The molecule has 1 aromatic carbocycles. The molecule has 1 saturated carbocycles. The molecule has 1 aromatic rings. The fraction of sp³-hybridized carbons (Fsp3) is 0.500. The largest absolute Gasteiger partial charge is 0.497 e. The Morgan fingerprint density at radius 1 is 1.41 bits per heavy atom. The van der Waals surface area contributed by atoms with Gasteiger partial charge in [-0.3, -0.25) is 9.79 Å². The van der Waals surface area contributed by atoms with Gasteiger partial charge >= 0.3 is 0 Å². The highest BCUT2D eigenvalue weighted by atomic mass is 16.5. The smallest absolute Gasteiger partial charge is 0.223 e. The zero-order valence-electron chi connectivity index (χ0n) is 12.8. The molecule has 2 aliphatic rings. The summed E-state index contributed by atoms with van der Waals surface area (Å²) in [6, 6.07) is 7.98. The van der Waals surface area contributed by atoms with Gasteiger partial charge in [0.25, 0.3) is 0 Å². The van der Waals surface area contributed by atoms with Crippen LogP contribution in [0.2, 0.25) is 0 Å². The summed E-state index contributed by atoms with van der Waals surface area (Å²) in [7, 11) is 1.63. The molecule has 2 fully saturated rings. The van der Waals surface area contributed by atoms with Crippen molar-refractivity contribution in [2.45, 2.75) is 25.3 Å². The number of rotatable bonds is 5. The van der Waals surface area contributed by atoms with Crippen LogP contribution in [0.25, 0.3) is 0 Å². The number of nitrogens with two attached hydrogens (primary N) is 1. The lowest BCUT2D eigenvalue weighted by Gasteiger charge is -2.14. The average Bonchev–Trinajstić information content (AvgIpc) is 3.29. The summed E-state index contributed by atoms with van der Waals surface area (Å²) in [6.45, 7) is 1.41. The molecule has 1 saturated heterocycles. The van der Waals surface area contributed by atoms with Crippen molar-refractivity contribution in [2.24, 2.45) is 16.6 Å². The summed E-state index contributed by atoms with van der Waals surface area (Å²) in [5, 5.41) is 3.05. The summed E-state index contributed by atoms with van der Waals surface area (Å²) in [5.41, 5.74) is 6.77. The maximum absolute atomic E-state index is 11.9. The van der Waals surface area contributed by atoms with Gasteiger partial charge in [0.05, 0.1) is 7.11 Å². The Balaban J connectivity index is 1.50. The van der Waals surface area contributed by atoms with E-state index in [1.165, 1.54) is 0 Å². The molecule has 0 aromatic heterocycles. The molecule has 0 radical (unpaired) electrons. The van der Waals surface area contributed by atoms with Gasteiger partial charge in [-0.15, -0.1) is 0 Å². The topological polar surface area (TPSA) is 80.0 Å². The zero-order valence-corrected chi connectivity index (χ0v) is 12.8. The lowest BCUT2D eigenvalue weighted by molar-refractivity contribution is -0.128. The van der Waals surface area contributed by atoms with Gasteiger partial charge in [0.1, 0.15) is 5.75 Å². The minimum absolute atomic E-state index is 0.268. The van der Waals surface area contributed by atoms with Crippen molar-refractivity contribution in [3.63, 3.8) is 0 Å². The van der Waals surface area contributed by atoms with Crippen molar-refractivity contribution < 1.29 is 9.53 Å². The fourth-order valence-electron chi connectivity index (χ4n) is 2.76. The Morgan fingerprint density at radius 2 is 2.14 bits per heavy atom. The van der Waals surface area contributed by atoms with Crippen molar-refractivity contribution >= 4 is 17.6 Å². The van der Waals surface area contributed by atoms with E-state index in [0.717, 1.165) is 30.8 Å². The number of benzene rings is 1. The van der Waals surface area contributed by atoms with E-state index in [0.29, 0.717) is 25.0 Å². The van der Waals surface area contributed by atoms with Crippen LogP contribution in [0.3, 0.4) is 0 Å². The van der Waals surface area contributed by atoms with E-state index >= 15 is 0 Å². The first-order valence-corrected chi connectivity index (χ1v) is 7.66. The zero-order chi connectivity index (χ0) is 15.5. The third-order valence-corrected chi connectivity index (χ3v) is 4.11. The van der Waals surface area contributed by atoms with E-state index in [4.69, 9.17) is 10.5 Å². The van der Waals surface area contributed by atoms with Gasteiger partial charge in [-0.1, -0.05) is 0 Å². The van der Waals surface area contributed by atoms with Gasteiger partial charge in [0, 0.05) is 37.2 Å². The Labute approximate surface area is 130 Å². The first kappa shape index (κ1) is 14.7. The number of carbonyl (C=O) groups is 1. The van der Waals surface area contributed by atoms with Crippen LogP contribution in [0.4, 0.5) is 5.69 Å². The van der Waals surface area contributed by atoms with Gasteiger partial charge in [-0.05, 0) is 37.1 Å². The first-order valence-electron chi connectivity index (χ1n) is 7.66. The molecule has 1 aliphatic carbocycles. The van der Waals surface area contributed by atoms with Crippen molar-refractivity contribution in [1.29, 1.82) is 0 Å². The minimum Gasteiger partial charge on any atom is -0.497 e. The van der Waals surface area contributed by atoms with Crippen LogP contribution >= 0.6 is 0 Å². The van der Waals surface area contributed by atoms with Crippen molar-refractivity contribution in [1.82, 2.24) is 4.90 Å². The molecule has 0 bridgehead atoms. The quantitative estimate of drug-likeness (QED) is 0.637. The third-order valence-electron chi connectivity index (χ3n) is 4.11. The Hall–Kier alpha value is -2.24. The summed E-state index contributed by atoms with van der Waals surface area (Å²) in [4.78, 5) is 18.3. The van der Waals surface area contributed by atoms with E-state index < -0.39 is 0 Å². The maximum Gasteiger partial charge on any atom is 0.223 e. The molecular weight excluding hydrogens is 280 g/mol. The number of likely N-dealkylation sites (tertiary alicyclic amines) is 1. The molecule has 0 spiro atoms. The summed E-state index contributed by atoms with van der Waals surface area (Å²) in [6.07, 6.45) is 2.90. The van der Waals surface area contributed by atoms with Crippen LogP contribution in [0.15, 0.2) is 29.3 Å². The molecule has 1 unspecified atom stereocenters. The summed E-state index contributed by atoms with van der Waals surface area (Å²) >= 11 is 0. The second-order valence-corrected chi connectivity index (χ2v) is 5.93. The Morgan fingerprint density at radius 3 is 2.77 bits per heavy atom. The molecule has 1 atom stereocenters.